The summed E-state index contributed by atoms with van der Waals surface area (Å²) in [5.74, 6) is -0.863. The Morgan fingerprint density at radius 1 is 0.807 bits per heavy atom. The van der Waals surface area contributed by atoms with Crippen LogP contribution in [0.2, 0.25) is 0 Å². The van der Waals surface area contributed by atoms with Gasteiger partial charge in [-0.2, -0.15) is 8.78 Å². The van der Waals surface area contributed by atoms with Gasteiger partial charge in [0, 0.05) is 6.42 Å². The number of para-hydroxylation sites is 1. The van der Waals surface area contributed by atoms with Gasteiger partial charge in [-0.3, -0.25) is 0 Å². The number of hydrogen-bond acceptors (Lipinski definition) is 9. The lowest BCUT2D eigenvalue weighted by Gasteiger charge is -2.33. The molecule has 2 unspecified atom stereocenters. The van der Waals surface area contributed by atoms with Crippen LogP contribution in [-0.2, 0) is 37.4 Å². The lowest BCUT2D eigenvalue weighted by Crippen LogP contribution is -2.47. The van der Waals surface area contributed by atoms with Gasteiger partial charge >= 0.3 is 25.7 Å². The molecule has 0 radical (unpaired) electrons. The average Bonchev–Trinajstić information content (AvgIpc) is 3.60. The Hall–Kier alpha value is -5.91. The second kappa shape index (κ2) is 16.7. The quantitative estimate of drug-likeness (QED) is 0.0838. The van der Waals surface area contributed by atoms with E-state index < -0.39 is 36.8 Å². The number of nitrogens with zero attached hydrogens (tertiary/aromatic N) is 3. The van der Waals surface area contributed by atoms with Gasteiger partial charge < -0.3 is 23.6 Å². The van der Waals surface area contributed by atoms with Gasteiger partial charge in [-0.1, -0.05) is 84.1 Å². The topological polar surface area (TPSA) is 139 Å². The summed E-state index contributed by atoms with van der Waals surface area (Å²) in [6.45, 7) is 9.08. The van der Waals surface area contributed by atoms with Crippen molar-refractivity contribution in [3.8, 4) is 22.6 Å². The first-order valence-electron chi connectivity index (χ1n) is 18.1. The molecule has 57 heavy (non-hydrogen) atoms. The lowest BCUT2D eigenvalue weighted by molar-refractivity contribution is -0.154. The zero-order valence-electron chi connectivity index (χ0n) is 32.0. The van der Waals surface area contributed by atoms with E-state index in [4.69, 9.17) is 18.7 Å². The van der Waals surface area contributed by atoms with Gasteiger partial charge in [-0.05, 0) is 105 Å². The van der Waals surface area contributed by atoms with Gasteiger partial charge in [0.15, 0.2) is 5.54 Å². The van der Waals surface area contributed by atoms with E-state index in [0.29, 0.717) is 39.0 Å². The maximum Gasteiger partial charge on any atom is 0.442 e. The van der Waals surface area contributed by atoms with Gasteiger partial charge in [0.25, 0.3) is 0 Å². The smallest absolute Gasteiger partial charge is 0.442 e. The van der Waals surface area contributed by atoms with E-state index in [1.807, 2.05) is 50.2 Å². The van der Waals surface area contributed by atoms with Crippen molar-refractivity contribution in [1.29, 1.82) is 0 Å². The highest BCUT2D eigenvalue weighted by Gasteiger charge is 2.46. The normalized spacial score (nSPS) is 13.9. The minimum absolute atomic E-state index is 0.0389. The first kappa shape index (κ1) is 40.7. The number of carbonyl (C=O) groups excluding carboxylic acids is 2. The maximum atomic E-state index is 14.8. The molecule has 0 bridgehead atoms. The molecule has 296 valence electrons. The highest BCUT2D eigenvalue weighted by Crippen LogP contribution is 2.49. The standard InChI is InChI=1S/C43H42F2N3O8P/c1-28(2)54-36-24-32(23-33(25-36)39(49)55-42(3,4)5)31-19-15-30(16-20-31)27-53-40(50)43(34-11-7-6-8-12-34,48-38-14-10-9-13-37(38)46-47-48)26-29-17-21-35(22-18-29)56-57(51,52)41(44)45/h6-25,28,41H,26-27H2,1-5H3,(H,51,52). The molecule has 1 N–H and O–H groups in total. The van der Waals surface area contributed by atoms with Crippen molar-refractivity contribution >= 4 is 30.6 Å². The fraction of sp³-hybridized carbons (Fsp3) is 0.256. The zero-order valence-corrected chi connectivity index (χ0v) is 32.9. The van der Waals surface area contributed by atoms with E-state index in [9.17, 15) is 27.8 Å². The molecule has 0 fully saturated rings. The largest absolute Gasteiger partial charge is 0.491 e. The molecule has 2 atom stereocenters. The molecule has 0 amide bonds. The Bertz CT molecular complexity index is 2400. The monoisotopic (exact) mass is 797 g/mol. The third-order valence-corrected chi connectivity index (χ3v) is 9.70. The van der Waals surface area contributed by atoms with Gasteiger partial charge in [0.1, 0.15) is 29.2 Å². The summed E-state index contributed by atoms with van der Waals surface area (Å²) < 4.78 is 61.9. The van der Waals surface area contributed by atoms with Crippen LogP contribution < -0.4 is 9.26 Å². The lowest BCUT2D eigenvalue weighted by atomic mass is 9.83. The van der Waals surface area contributed by atoms with Crippen molar-refractivity contribution in [3.05, 3.63) is 144 Å². The summed E-state index contributed by atoms with van der Waals surface area (Å²) in [5.41, 5.74) is 2.37. The van der Waals surface area contributed by atoms with Crippen LogP contribution in [0.3, 0.4) is 0 Å². The summed E-state index contributed by atoms with van der Waals surface area (Å²) >= 11 is 0. The number of ether oxygens (including phenoxy) is 3. The molecule has 0 aliphatic rings. The van der Waals surface area contributed by atoms with E-state index in [1.54, 1.807) is 81.4 Å². The number of esters is 2. The SMILES string of the molecule is CC(C)Oc1cc(C(=O)OC(C)(C)C)cc(-c2ccc(COC(=O)C(Cc3ccc(OP(=O)(O)C(F)F)cc3)(c3ccccc3)n3nnc4ccccc43)cc2)c1. The summed E-state index contributed by atoms with van der Waals surface area (Å²) in [7, 11) is -5.21. The molecule has 0 saturated carbocycles. The fourth-order valence-corrected chi connectivity index (χ4v) is 6.72. The highest BCUT2D eigenvalue weighted by molar-refractivity contribution is 7.53. The van der Waals surface area contributed by atoms with E-state index in [1.165, 1.54) is 28.9 Å². The van der Waals surface area contributed by atoms with Crippen LogP contribution in [-0.4, -0.2) is 49.7 Å². The Morgan fingerprint density at radius 3 is 2.11 bits per heavy atom. The first-order chi connectivity index (χ1) is 27.0. The van der Waals surface area contributed by atoms with E-state index in [2.05, 4.69) is 10.3 Å². The van der Waals surface area contributed by atoms with Crippen LogP contribution in [0, 0.1) is 0 Å². The van der Waals surface area contributed by atoms with Crippen molar-refractivity contribution in [3.63, 3.8) is 0 Å². The predicted molar refractivity (Wildman–Crippen MR) is 210 cm³/mol. The summed E-state index contributed by atoms with van der Waals surface area (Å²) in [6, 6.07) is 34.3. The molecule has 5 aromatic carbocycles. The van der Waals surface area contributed by atoms with Crippen molar-refractivity contribution in [2.45, 2.75) is 71.1 Å². The molecule has 0 spiro atoms. The van der Waals surface area contributed by atoms with E-state index in [0.717, 1.165) is 11.1 Å². The third kappa shape index (κ3) is 9.56. The number of benzene rings is 5. The Morgan fingerprint density at radius 2 is 1.46 bits per heavy atom. The zero-order chi connectivity index (χ0) is 41.0. The van der Waals surface area contributed by atoms with Crippen LogP contribution in [0.4, 0.5) is 8.78 Å². The predicted octanol–water partition coefficient (Wildman–Crippen LogP) is 9.36. The van der Waals surface area contributed by atoms with Gasteiger partial charge in [-0.15, -0.1) is 5.10 Å². The molecular weight excluding hydrogens is 755 g/mol. The number of halogens is 2. The van der Waals surface area contributed by atoms with Crippen molar-refractivity contribution in [2.75, 3.05) is 0 Å². The van der Waals surface area contributed by atoms with Crippen LogP contribution >= 0.6 is 7.60 Å². The highest BCUT2D eigenvalue weighted by atomic mass is 31.2. The molecule has 6 aromatic rings. The Balaban J connectivity index is 1.33. The molecular formula is C43H42F2N3O8P. The molecule has 0 saturated heterocycles. The van der Waals surface area contributed by atoms with E-state index in [-0.39, 0.29) is 24.9 Å². The summed E-state index contributed by atoms with van der Waals surface area (Å²) in [6.07, 6.45) is -3.75. The Kier molecular flexibility index (Phi) is 11.9. The van der Waals surface area contributed by atoms with Crippen LogP contribution in [0.5, 0.6) is 11.5 Å². The maximum absolute atomic E-state index is 14.8. The molecule has 0 aliphatic heterocycles. The van der Waals surface area contributed by atoms with Gasteiger partial charge in [0.05, 0.1) is 17.2 Å². The number of alkyl halides is 2. The summed E-state index contributed by atoms with van der Waals surface area (Å²) in [4.78, 5) is 37.4. The Labute approximate surface area is 328 Å². The number of hydrogen-bond donors (Lipinski definition) is 1. The van der Waals surface area contributed by atoms with Gasteiger partial charge in [-0.25, -0.2) is 18.8 Å². The average molecular weight is 798 g/mol. The molecule has 11 nitrogen and oxygen atoms in total. The number of carbonyl (C=O) groups is 2. The second-order valence-corrected chi connectivity index (χ2v) is 16.4. The number of fused-ring (bicyclic) bond motifs is 1. The minimum Gasteiger partial charge on any atom is -0.491 e. The molecule has 14 heteroatoms. The molecule has 0 aliphatic carbocycles. The van der Waals surface area contributed by atoms with E-state index >= 15 is 0 Å². The molecule has 6 rings (SSSR count). The minimum atomic E-state index is -5.21. The summed E-state index contributed by atoms with van der Waals surface area (Å²) in [5, 5.41) is 8.79. The van der Waals surface area contributed by atoms with Crippen LogP contribution in [0.1, 0.15) is 61.7 Å². The van der Waals surface area contributed by atoms with Crippen LogP contribution in [0.25, 0.3) is 22.2 Å². The van der Waals surface area contributed by atoms with Crippen molar-refractivity contribution in [2.24, 2.45) is 0 Å². The molecule has 1 heterocycles. The number of aromatic nitrogens is 3. The fourth-order valence-electron chi connectivity index (χ4n) is 6.22. The van der Waals surface area contributed by atoms with Crippen LogP contribution in [0.15, 0.2) is 121 Å². The molecule has 1 aromatic heterocycles. The third-order valence-electron chi connectivity index (χ3n) is 8.74. The van der Waals surface area contributed by atoms with Gasteiger partial charge in [0.2, 0.25) is 0 Å². The first-order valence-corrected chi connectivity index (χ1v) is 19.8. The van der Waals surface area contributed by atoms with Crippen molar-refractivity contribution in [1.82, 2.24) is 15.0 Å². The second-order valence-electron chi connectivity index (χ2n) is 14.7. The number of rotatable bonds is 14. The van der Waals surface area contributed by atoms with Crippen molar-refractivity contribution < 1.29 is 46.6 Å².